The van der Waals surface area contributed by atoms with Gasteiger partial charge in [-0.15, -0.1) is 10.2 Å². The summed E-state index contributed by atoms with van der Waals surface area (Å²) in [6.07, 6.45) is 3.97. The summed E-state index contributed by atoms with van der Waals surface area (Å²) in [5.41, 5.74) is 2.83. The fraction of sp³-hybridized carbons (Fsp3) is 0.476. The first-order valence-corrected chi connectivity index (χ1v) is 10.8. The van der Waals surface area contributed by atoms with Crippen molar-refractivity contribution in [2.75, 3.05) is 19.5 Å². The molecule has 3 aromatic heterocycles. The third-order valence-electron chi connectivity index (χ3n) is 5.31. The average Bonchev–Trinajstić information content (AvgIpc) is 3.15. The molecule has 154 valence electrons. The number of furan rings is 1. The second kappa shape index (κ2) is 8.59. The maximum absolute atomic E-state index is 12.9. The molecule has 8 heteroatoms. The number of aromatic nitrogens is 4. The van der Waals surface area contributed by atoms with Gasteiger partial charge in [0.25, 0.3) is 0 Å². The number of Topliss-reactive ketones (excluding diaryl/α,β-unsaturated/α-hetero) is 1. The molecule has 3 heterocycles. The van der Waals surface area contributed by atoms with E-state index >= 15 is 0 Å². The van der Waals surface area contributed by atoms with Gasteiger partial charge in [0.2, 0.25) is 0 Å². The molecule has 0 radical (unpaired) electrons. The highest BCUT2D eigenvalue weighted by atomic mass is 32.2. The SMILES string of the molecule is COCCn1c(C)cc(C(=O)CSc2nnc(C3CC3)n2Cc2ccco2)c1C. The first-order chi connectivity index (χ1) is 14.1. The van der Waals surface area contributed by atoms with Crippen molar-refractivity contribution in [3.8, 4) is 0 Å². The van der Waals surface area contributed by atoms with Gasteiger partial charge in [0.1, 0.15) is 11.6 Å². The minimum absolute atomic E-state index is 0.104. The summed E-state index contributed by atoms with van der Waals surface area (Å²) in [7, 11) is 1.69. The Morgan fingerprint density at radius 2 is 2.14 bits per heavy atom. The van der Waals surface area contributed by atoms with Crippen molar-refractivity contribution in [1.29, 1.82) is 0 Å². The van der Waals surface area contributed by atoms with Gasteiger partial charge < -0.3 is 13.7 Å². The lowest BCUT2D eigenvalue weighted by atomic mass is 10.2. The fourth-order valence-corrected chi connectivity index (χ4v) is 4.40. The van der Waals surface area contributed by atoms with E-state index in [0.717, 1.165) is 53.1 Å². The summed E-state index contributed by atoms with van der Waals surface area (Å²) in [5.74, 6) is 2.76. The van der Waals surface area contributed by atoms with Crippen LogP contribution < -0.4 is 0 Å². The van der Waals surface area contributed by atoms with Crippen LogP contribution in [0.1, 0.15) is 52.1 Å². The number of carbonyl (C=O) groups is 1. The molecule has 0 saturated heterocycles. The summed E-state index contributed by atoms with van der Waals surface area (Å²) in [6, 6.07) is 5.80. The maximum Gasteiger partial charge on any atom is 0.192 e. The molecule has 0 aliphatic heterocycles. The van der Waals surface area contributed by atoms with Gasteiger partial charge >= 0.3 is 0 Å². The molecule has 29 heavy (non-hydrogen) atoms. The molecule has 0 unspecified atom stereocenters. The Kier molecular flexibility index (Phi) is 5.91. The lowest BCUT2D eigenvalue weighted by Crippen LogP contribution is -2.10. The molecule has 0 spiro atoms. The van der Waals surface area contributed by atoms with Crippen molar-refractivity contribution in [3.05, 3.63) is 53.0 Å². The number of hydrogen-bond donors (Lipinski definition) is 0. The van der Waals surface area contributed by atoms with Gasteiger partial charge in [-0.05, 0) is 44.9 Å². The minimum Gasteiger partial charge on any atom is -0.467 e. The van der Waals surface area contributed by atoms with Crippen LogP contribution in [-0.4, -0.2) is 44.6 Å². The number of nitrogens with zero attached hydrogens (tertiary/aromatic N) is 4. The normalized spacial score (nSPS) is 13.9. The number of ketones is 1. The zero-order valence-electron chi connectivity index (χ0n) is 17.1. The molecule has 1 fully saturated rings. The van der Waals surface area contributed by atoms with Gasteiger partial charge in [0, 0.05) is 36.5 Å². The standard InChI is InChI=1S/C21H26N4O3S/c1-14-11-18(15(2)24(14)8-10-27-3)19(26)13-29-21-23-22-20(16-6-7-16)25(21)12-17-5-4-9-28-17/h4-5,9,11,16H,6-8,10,12-13H2,1-3H3. The first kappa shape index (κ1) is 20.0. The van der Waals surface area contributed by atoms with Crippen molar-refractivity contribution in [1.82, 2.24) is 19.3 Å². The summed E-state index contributed by atoms with van der Waals surface area (Å²) in [4.78, 5) is 12.9. The Balaban J connectivity index is 1.48. The number of hydrogen-bond acceptors (Lipinski definition) is 6. The topological polar surface area (TPSA) is 75.1 Å². The number of carbonyl (C=O) groups excluding carboxylic acids is 1. The van der Waals surface area contributed by atoms with E-state index in [-0.39, 0.29) is 5.78 Å². The Labute approximate surface area is 174 Å². The van der Waals surface area contributed by atoms with E-state index < -0.39 is 0 Å². The minimum atomic E-state index is 0.104. The van der Waals surface area contributed by atoms with Crippen LogP contribution in [-0.2, 0) is 17.8 Å². The number of methoxy groups -OCH3 is 1. The summed E-state index contributed by atoms with van der Waals surface area (Å²) in [6.45, 7) is 5.98. The molecule has 0 aromatic carbocycles. The van der Waals surface area contributed by atoms with Gasteiger partial charge in [-0.25, -0.2) is 0 Å². The lowest BCUT2D eigenvalue weighted by Gasteiger charge is -2.09. The molecular weight excluding hydrogens is 388 g/mol. The van der Waals surface area contributed by atoms with Crippen LogP contribution in [0.4, 0.5) is 0 Å². The first-order valence-electron chi connectivity index (χ1n) is 9.85. The summed E-state index contributed by atoms with van der Waals surface area (Å²) in [5, 5.41) is 9.54. The van der Waals surface area contributed by atoms with E-state index in [1.807, 2.05) is 32.0 Å². The van der Waals surface area contributed by atoms with Crippen molar-refractivity contribution in [2.45, 2.75) is 50.9 Å². The van der Waals surface area contributed by atoms with Crippen molar-refractivity contribution < 1.29 is 13.9 Å². The Morgan fingerprint density at radius 1 is 1.31 bits per heavy atom. The van der Waals surface area contributed by atoms with Crippen LogP contribution in [0, 0.1) is 13.8 Å². The molecule has 4 rings (SSSR count). The zero-order chi connectivity index (χ0) is 20.4. The molecule has 0 N–H and O–H groups in total. The predicted octanol–water partition coefficient (Wildman–Crippen LogP) is 3.84. The molecular formula is C21H26N4O3S. The van der Waals surface area contributed by atoms with Gasteiger partial charge in [-0.3, -0.25) is 9.36 Å². The molecule has 1 aliphatic carbocycles. The highest BCUT2D eigenvalue weighted by Gasteiger charge is 2.31. The van der Waals surface area contributed by atoms with Crippen molar-refractivity contribution >= 4 is 17.5 Å². The molecule has 0 atom stereocenters. The van der Waals surface area contributed by atoms with Crippen LogP contribution in [0.15, 0.2) is 34.0 Å². The smallest absolute Gasteiger partial charge is 0.192 e. The molecule has 1 saturated carbocycles. The van der Waals surface area contributed by atoms with Gasteiger partial charge in [-0.1, -0.05) is 11.8 Å². The van der Waals surface area contributed by atoms with E-state index in [0.29, 0.717) is 24.8 Å². The Morgan fingerprint density at radius 3 is 2.83 bits per heavy atom. The van der Waals surface area contributed by atoms with E-state index in [1.165, 1.54) is 11.8 Å². The molecule has 0 bridgehead atoms. The Hall–Kier alpha value is -2.32. The third kappa shape index (κ3) is 4.33. The molecule has 1 aliphatic rings. The molecule has 3 aromatic rings. The average molecular weight is 415 g/mol. The van der Waals surface area contributed by atoms with Crippen LogP contribution >= 0.6 is 11.8 Å². The van der Waals surface area contributed by atoms with Crippen LogP contribution in [0.2, 0.25) is 0 Å². The molecule has 7 nitrogen and oxygen atoms in total. The molecule has 0 amide bonds. The zero-order valence-corrected chi connectivity index (χ0v) is 17.9. The third-order valence-corrected chi connectivity index (χ3v) is 6.27. The van der Waals surface area contributed by atoms with Crippen LogP contribution in [0.3, 0.4) is 0 Å². The summed E-state index contributed by atoms with van der Waals surface area (Å²) < 4.78 is 14.9. The van der Waals surface area contributed by atoms with Crippen LogP contribution in [0.25, 0.3) is 0 Å². The highest BCUT2D eigenvalue weighted by Crippen LogP contribution is 2.40. The van der Waals surface area contributed by atoms with E-state index in [4.69, 9.17) is 9.15 Å². The van der Waals surface area contributed by atoms with E-state index in [2.05, 4.69) is 19.3 Å². The predicted molar refractivity (Wildman–Crippen MR) is 111 cm³/mol. The second-order valence-corrected chi connectivity index (χ2v) is 8.36. The maximum atomic E-state index is 12.9. The number of ether oxygens (including phenoxy) is 1. The van der Waals surface area contributed by atoms with Gasteiger partial charge in [0.15, 0.2) is 10.9 Å². The quantitative estimate of drug-likeness (QED) is 0.371. The van der Waals surface area contributed by atoms with E-state index in [1.54, 1.807) is 13.4 Å². The number of aryl methyl sites for hydroxylation is 1. The fourth-order valence-electron chi connectivity index (χ4n) is 3.58. The van der Waals surface area contributed by atoms with E-state index in [9.17, 15) is 4.79 Å². The van der Waals surface area contributed by atoms with Crippen molar-refractivity contribution in [3.63, 3.8) is 0 Å². The Bertz CT molecular complexity index is 986. The largest absolute Gasteiger partial charge is 0.467 e. The van der Waals surface area contributed by atoms with Gasteiger partial charge in [-0.2, -0.15) is 0 Å². The lowest BCUT2D eigenvalue weighted by molar-refractivity contribution is 0.102. The number of thioether (sulfide) groups is 1. The summed E-state index contributed by atoms with van der Waals surface area (Å²) >= 11 is 1.44. The number of rotatable bonds is 10. The highest BCUT2D eigenvalue weighted by molar-refractivity contribution is 7.99. The van der Waals surface area contributed by atoms with Crippen molar-refractivity contribution in [2.24, 2.45) is 0 Å². The monoisotopic (exact) mass is 414 g/mol. The van der Waals surface area contributed by atoms with Crippen LogP contribution in [0.5, 0.6) is 0 Å². The van der Waals surface area contributed by atoms with Gasteiger partial charge in [0.05, 0.1) is 25.2 Å². The second-order valence-electron chi connectivity index (χ2n) is 7.42.